The second-order valence-electron chi connectivity index (χ2n) is 4.27. The van der Waals surface area contributed by atoms with Crippen LogP contribution in [-0.4, -0.2) is 24.3 Å². The van der Waals surface area contributed by atoms with Crippen molar-refractivity contribution in [3.63, 3.8) is 0 Å². The van der Waals surface area contributed by atoms with E-state index in [9.17, 15) is 13.2 Å². The largest absolute Gasteiger partial charge is 0.497 e. The number of hydrogen-bond acceptors (Lipinski definition) is 4. The van der Waals surface area contributed by atoms with Crippen molar-refractivity contribution in [2.75, 3.05) is 12.8 Å². The first-order chi connectivity index (χ1) is 10.2. The molecule has 0 fully saturated rings. The Bertz CT molecular complexity index is 589. The van der Waals surface area contributed by atoms with Gasteiger partial charge in [0.25, 0.3) is 0 Å². The number of alkyl halides is 3. The first kappa shape index (κ1) is 17.9. The molecule has 0 spiro atoms. The van der Waals surface area contributed by atoms with Crippen molar-refractivity contribution in [3.8, 4) is 5.75 Å². The van der Waals surface area contributed by atoms with Crippen LogP contribution in [0, 0.1) is 0 Å². The van der Waals surface area contributed by atoms with Gasteiger partial charge in [0.2, 0.25) is 0 Å². The molecule has 4 nitrogen and oxygen atoms in total. The second kappa shape index (κ2) is 7.72. The Morgan fingerprint density at radius 2 is 1.64 bits per heavy atom. The average molecular weight is 313 g/mol. The number of anilines is 1. The number of nitrogens with two attached hydrogens (primary N) is 1. The zero-order valence-electron chi connectivity index (χ0n) is 11.7. The highest BCUT2D eigenvalue weighted by Crippen LogP contribution is 2.28. The summed E-state index contributed by atoms with van der Waals surface area (Å²) >= 11 is 0. The van der Waals surface area contributed by atoms with Crippen molar-refractivity contribution in [1.82, 2.24) is 0 Å². The maximum absolute atomic E-state index is 12.0. The standard InChI is InChI=1S/C7H6BF3O2.C7H9NO/c9-7(10,11)5-1-3-6(4-2-5)8(12)13;1-9-7-4-2-3-6(8)5-7/h1-4,12-13H;2-5H,8H2,1H3. The van der Waals surface area contributed by atoms with Gasteiger partial charge in [-0.15, -0.1) is 0 Å². The van der Waals surface area contributed by atoms with E-state index in [0.29, 0.717) is 0 Å². The van der Waals surface area contributed by atoms with E-state index in [1.165, 1.54) is 0 Å². The Morgan fingerprint density at radius 3 is 2.00 bits per heavy atom. The highest BCUT2D eigenvalue weighted by Gasteiger charge is 2.30. The summed E-state index contributed by atoms with van der Waals surface area (Å²) in [5.74, 6) is 0.801. The molecule has 2 rings (SSSR count). The summed E-state index contributed by atoms with van der Waals surface area (Å²) in [7, 11) is -0.114. The van der Waals surface area contributed by atoms with E-state index in [0.717, 1.165) is 35.7 Å². The number of methoxy groups -OCH3 is 1. The van der Waals surface area contributed by atoms with Crippen LogP contribution < -0.4 is 15.9 Å². The molecule has 0 aromatic heterocycles. The highest BCUT2D eigenvalue weighted by molar-refractivity contribution is 6.58. The van der Waals surface area contributed by atoms with Gasteiger partial charge >= 0.3 is 13.3 Å². The van der Waals surface area contributed by atoms with E-state index in [1.54, 1.807) is 13.2 Å². The summed E-state index contributed by atoms with van der Waals surface area (Å²) in [6.07, 6.45) is -4.39. The molecule has 22 heavy (non-hydrogen) atoms. The van der Waals surface area contributed by atoms with Crippen LogP contribution in [0.4, 0.5) is 18.9 Å². The van der Waals surface area contributed by atoms with Crippen LogP contribution in [0.15, 0.2) is 48.5 Å². The molecular weight excluding hydrogens is 298 g/mol. The van der Waals surface area contributed by atoms with Crippen LogP contribution in [0.1, 0.15) is 5.56 Å². The van der Waals surface area contributed by atoms with Crippen molar-refractivity contribution < 1.29 is 28.0 Å². The molecule has 0 amide bonds. The number of hydrogen-bond donors (Lipinski definition) is 3. The third kappa shape index (κ3) is 5.67. The number of rotatable bonds is 2. The zero-order chi connectivity index (χ0) is 16.8. The highest BCUT2D eigenvalue weighted by atomic mass is 19.4. The number of halogens is 3. The lowest BCUT2D eigenvalue weighted by Crippen LogP contribution is -2.29. The van der Waals surface area contributed by atoms with Crippen LogP contribution in [0.25, 0.3) is 0 Å². The molecule has 0 aliphatic carbocycles. The van der Waals surface area contributed by atoms with E-state index in [1.807, 2.05) is 18.2 Å². The van der Waals surface area contributed by atoms with Gasteiger partial charge in [-0.25, -0.2) is 0 Å². The molecule has 0 bridgehead atoms. The smallest absolute Gasteiger partial charge is 0.488 e. The lowest BCUT2D eigenvalue weighted by atomic mass is 9.80. The van der Waals surface area contributed by atoms with Gasteiger partial charge in [-0.1, -0.05) is 30.3 Å². The molecule has 0 aliphatic rings. The second-order valence-corrected chi connectivity index (χ2v) is 4.27. The predicted octanol–water partition coefficient (Wildman–Crippen LogP) is 1.66. The van der Waals surface area contributed by atoms with Crippen molar-refractivity contribution in [2.24, 2.45) is 0 Å². The fourth-order valence-electron chi connectivity index (χ4n) is 1.49. The summed E-state index contributed by atoms with van der Waals surface area (Å²) in [5.41, 5.74) is 5.41. The van der Waals surface area contributed by atoms with Gasteiger partial charge in [0.1, 0.15) is 5.75 Å². The third-order valence-electron chi connectivity index (χ3n) is 2.63. The predicted molar refractivity (Wildman–Crippen MR) is 78.7 cm³/mol. The molecule has 8 heteroatoms. The van der Waals surface area contributed by atoms with Crippen molar-refractivity contribution in [1.29, 1.82) is 0 Å². The van der Waals surface area contributed by atoms with Crippen LogP contribution >= 0.6 is 0 Å². The number of nitrogen functional groups attached to an aromatic ring is 1. The topological polar surface area (TPSA) is 75.7 Å². The van der Waals surface area contributed by atoms with Gasteiger partial charge in [-0.2, -0.15) is 13.2 Å². The van der Waals surface area contributed by atoms with Crippen LogP contribution in [-0.2, 0) is 6.18 Å². The molecule has 0 unspecified atom stereocenters. The average Bonchev–Trinajstić information content (AvgIpc) is 2.47. The minimum atomic E-state index is -4.39. The van der Waals surface area contributed by atoms with Gasteiger partial charge in [0.05, 0.1) is 12.7 Å². The van der Waals surface area contributed by atoms with E-state index in [2.05, 4.69) is 0 Å². The van der Waals surface area contributed by atoms with Gasteiger partial charge < -0.3 is 20.5 Å². The van der Waals surface area contributed by atoms with Gasteiger partial charge in [0.15, 0.2) is 0 Å². The fourth-order valence-corrected chi connectivity index (χ4v) is 1.49. The van der Waals surface area contributed by atoms with Crippen LogP contribution in [0.5, 0.6) is 5.75 Å². The molecule has 2 aromatic rings. The molecule has 0 heterocycles. The van der Waals surface area contributed by atoms with E-state index < -0.39 is 18.9 Å². The maximum Gasteiger partial charge on any atom is 0.488 e. The number of ether oxygens (including phenoxy) is 1. The zero-order valence-corrected chi connectivity index (χ0v) is 11.7. The molecular formula is C14H15BF3NO3. The molecule has 118 valence electrons. The first-order valence-corrected chi connectivity index (χ1v) is 6.17. The first-order valence-electron chi connectivity index (χ1n) is 6.17. The fraction of sp³-hybridized carbons (Fsp3) is 0.143. The van der Waals surface area contributed by atoms with E-state index in [4.69, 9.17) is 20.5 Å². The Morgan fingerprint density at radius 1 is 1.05 bits per heavy atom. The normalized spacial score (nSPS) is 10.5. The molecule has 2 aromatic carbocycles. The maximum atomic E-state index is 12.0. The monoisotopic (exact) mass is 313 g/mol. The minimum Gasteiger partial charge on any atom is -0.497 e. The Kier molecular flexibility index (Phi) is 6.27. The Labute approximate surface area is 126 Å². The molecule has 0 saturated carbocycles. The van der Waals surface area contributed by atoms with E-state index in [-0.39, 0.29) is 5.46 Å². The Balaban J connectivity index is 0.000000235. The summed E-state index contributed by atoms with van der Waals surface area (Å²) < 4.78 is 40.9. The summed E-state index contributed by atoms with van der Waals surface area (Å²) in [4.78, 5) is 0. The molecule has 4 N–H and O–H groups in total. The number of benzene rings is 2. The van der Waals surface area contributed by atoms with Gasteiger partial charge in [0, 0.05) is 11.8 Å². The summed E-state index contributed by atoms with van der Waals surface area (Å²) in [5, 5.41) is 17.2. The van der Waals surface area contributed by atoms with Gasteiger partial charge in [-0.05, 0) is 17.6 Å². The lowest BCUT2D eigenvalue weighted by Gasteiger charge is -2.06. The SMILES string of the molecule is COc1cccc(N)c1.OB(O)c1ccc(C(F)(F)F)cc1. The molecule has 0 saturated heterocycles. The minimum absolute atomic E-state index is 0.0352. The summed E-state index contributed by atoms with van der Waals surface area (Å²) in [6, 6.07) is 11.0. The third-order valence-corrected chi connectivity index (χ3v) is 2.63. The van der Waals surface area contributed by atoms with Crippen molar-refractivity contribution >= 4 is 18.3 Å². The Hall–Kier alpha value is -2.19. The lowest BCUT2D eigenvalue weighted by molar-refractivity contribution is -0.137. The van der Waals surface area contributed by atoms with Crippen molar-refractivity contribution in [2.45, 2.75) is 6.18 Å². The molecule has 0 atom stereocenters. The molecule has 0 radical (unpaired) electrons. The molecule has 0 aliphatic heterocycles. The van der Waals surface area contributed by atoms with Crippen LogP contribution in [0.2, 0.25) is 0 Å². The van der Waals surface area contributed by atoms with E-state index >= 15 is 0 Å². The van der Waals surface area contributed by atoms with Gasteiger partial charge in [-0.3, -0.25) is 0 Å². The summed E-state index contributed by atoms with van der Waals surface area (Å²) in [6.45, 7) is 0. The quantitative estimate of drug-likeness (QED) is 0.582. The van der Waals surface area contributed by atoms with Crippen LogP contribution in [0.3, 0.4) is 0 Å². The van der Waals surface area contributed by atoms with Crippen molar-refractivity contribution in [3.05, 3.63) is 54.1 Å².